The van der Waals surface area contributed by atoms with Crippen molar-refractivity contribution >= 4 is 5.97 Å². The summed E-state index contributed by atoms with van der Waals surface area (Å²) in [5.41, 5.74) is 1.37. The molecule has 0 radical (unpaired) electrons. The maximum Gasteiger partial charge on any atom is 0.307 e. The zero-order valence-electron chi connectivity index (χ0n) is 10.4. The first-order valence-corrected chi connectivity index (χ1v) is 6.13. The van der Waals surface area contributed by atoms with Crippen molar-refractivity contribution in [3.8, 4) is 0 Å². The van der Waals surface area contributed by atoms with E-state index in [1.54, 1.807) is 0 Å². The third-order valence-electron chi connectivity index (χ3n) is 3.28. The molecule has 0 bridgehead atoms. The number of hydrogen-bond donors (Lipinski definition) is 1. The zero-order chi connectivity index (χ0) is 12.1. The van der Waals surface area contributed by atoms with Crippen LogP contribution in [0.1, 0.15) is 40.0 Å². The lowest BCUT2D eigenvalue weighted by Gasteiger charge is -2.25. The van der Waals surface area contributed by atoms with Crippen molar-refractivity contribution in [1.82, 2.24) is 0 Å². The molecular weight excluding hydrogens is 200 g/mol. The molecule has 2 heteroatoms. The monoisotopic (exact) mass is 222 g/mol. The maximum atomic E-state index is 11.1. The fourth-order valence-electron chi connectivity index (χ4n) is 2.33. The van der Waals surface area contributed by atoms with Gasteiger partial charge in [-0.05, 0) is 31.6 Å². The van der Waals surface area contributed by atoms with Gasteiger partial charge in [-0.2, -0.15) is 0 Å². The molecule has 0 heterocycles. The van der Waals surface area contributed by atoms with E-state index in [-0.39, 0.29) is 11.8 Å². The zero-order valence-corrected chi connectivity index (χ0v) is 10.4. The maximum absolute atomic E-state index is 11.1. The molecule has 1 aliphatic rings. The number of aliphatic carboxylic acids is 1. The van der Waals surface area contributed by atoms with Crippen LogP contribution in [0.5, 0.6) is 0 Å². The van der Waals surface area contributed by atoms with Gasteiger partial charge in [-0.15, -0.1) is 0 Å². The van der Waals surface area contributed by atoms with Crippen LogP contribution in [0, 0.1) is 17.8 Å². The molecule has 3 atom stereocenters. The average Bonchev–Trinajstić information content (AvgIpc) is 2.21. The second-order valence-corrected chi connectivity index (χ2v) is 4.85. The third-order valence-corrected chi connectivity index (χ3v) is 3.28. The van der Waals surface area contributed by atoms with Crippen molar-refractivity contribution in [2.45, 2.75) is 40.0 Å². The van der Waals surface area contributed by atoms with E-state index in [4.69, 9.17) is 5.11 Å². The molecule has 0 amide bonds. The molecule has 0 aliphatic heterocycles. The van der Waals surface area contributed by atoms with Gasteiger partial charge in [0.05, 0.1) is 5.92 Å². The molecular formula is C14H22O2. The Morgan fingerprint density at radius 2 is 2.19 bits per heavy atom. The molecule has 0 fully saturated rings. The summed E-state index contributed by atoms with van der Waals surface area (Å²) in [7, 11) is 0. The Labute approximate surface area is 98.1 Å². The topological polar surface area (TPSA) is 37.3 Å². The Kier molecular flexibility index (Phi) is 4.78. The Morgan fingerprint density at radius 3 is 2.75 bits per heavy atom. The summed E-state index contributed by atoms with van der Waals surface area (Å²) in [5, 5.41) is 9.11. The van der Waals surface area contributed by atoms with Crippen molar-refractivity contribution in [1.29, 1.82) is 0 Å². The van der Waals surface area contributed by atoms with E-state index in [1.807, 2.05) is 13.0 Å². The molecule has 1 N–H and O–H groups in total. The van der Waals surface area contributed by atoms with Crippen molar-refractivity contribution < 1.29 is 9.90 Å². The molecule has 1 aliphatic carbocycles. The fourth-order valence-corrected chi connectivity index (χ4v) is 2.33. The predicted molar refractivity (Wildman–Crippen MR) is 66.2 cm³/mol. The van der Waals surface area contributed by atoms with Gasteiger partial charge in [0.2, 0.25) is 0 Å². The molecule has 0 saturated heterocycles. The Bertz CT molecular complexity index is 302. The van der Waals surface area contributed by atoms with Gasteiger partial charge in [-0.1, -0.05) is 44.1 Å². The van der Waals surface area contributed by atoms with E-state index in [0.29, 0.717) is 5.92 Å². The molecule has 0 aromatic heterocycles. The number of carboxylic acids is 1. The highest BCUT2D eigenvalue weighted by Gasteiger charge is 2.28. The highest BCUT2D eigenvalue weighted by molar-refractivity contribution is 5.71. The summed E-state index contributed by atoms with van der Waals surface area (Å²) in [5.74, 6) is -0.415. The van der Waals surface area contributed by atoms with Gasteiger partial charge >= 0.3 is 5.97 Å². The summed E-state index contributed by atoms with van der Waals surface area (Å²) in [6.07, 6.45) is 9.43. The average molecular weight is 222 g/mol. The summed E-state index contributed by atoms with van der Waals surface area (Å²) in [4.78, 5) is 11.1. The van der Waals surface area contributed by atoms with Crippen molar-refractivity contribution in [3.05, 3.63) is 23.8 Å². The molecule has 0 aromatic carbocycles. The second-order valence-electron chi connectivity index (χ2n) is 4.85. The van der Waals surface area contributed by atoms with Crippen LogP contribution in [-0.4, -0.2) is 11.1 Å². The Balaban J connectivity index is 2.68. The van der Waals surface area contributed by atoms with Crippen LogP contribution >= 0.6 is 0 Å². The van der Waals surface area contributed by atoms with Crippen molar-refractivity contribution in [3.63, 3.8) is 0 Å². The lowest BCUT2D eigenvalue weighted by atomic mass is 9.79. The highest BCUT2D eigenvalue weighted by atomic mass is 16.4. The largest absolute Gasteiger partial charge is 0.481 e. The molecule has 90 valence electrons. The van der Waals surface area contributed by atoms with Gasteiger partial charge in [0.1, 0.15) is 0 Å². The third kappa shape index (κ3) is 3.51. The van der Waals surface area contributed by atoms with Gasteiger partial charge in [-0.25, -0.2) is 0 Å². The summed E-state index contributed by atoms with van der Waals surface area (Å²) >= 11 is 0. The Morgan fingerprint density at radius 1 is 1.50 bits per heavy atom. The minimum atomic E-state index is -0.664. The molecule has 0 aromatic rings. The molecule has 0 saturated carbocycles. The van der Waals surface area contributed by atoms with E-state index in [1.165, 1.54) is 5.57 Å². The van der Waals surface area contributed by atoms with E-state index >= 15 is 0 Å². The van der Waals surface area contributed by atoms with Crippen molar-refractivity contribution in [2.24, 2.45) is 17.8 Å². The van der Waals surface area contributed by atoms with Gasteiger partial charge in [0.25, 0.3) is 0 Å². The minimum absolute atomic E-state index is 0.161. The highest BCUT2D eigenvalue weighted by Crippen LogP contribution is 2.30. The number of rotatable bonds is 4. The van der Waals surface area contributed by atoms with Crippen LogP contribution in [0.3, 0.4) is 0 Å². The smallest absolute Gasteiger partial charge is 0.307 e. The first-order valence-electron chi connectivity index (χ1n) is 6.13. The van der Waals surface area contributed by atoms with Crippen molar-refractivity contribution in [2.75, 3.05) is 0 Å². The van der Waals surface area contributed by atoms with Crippen LogP contribution in [0.4, 0.5) is 0 Å². The fraction of sp³-hybridized carbons (Fsp3) is 0.643. The summed E-state index contributed by atoms with van der Waals surface area (Å²) < 4.78 is 0. The van der Waals surface area contributed by atoms with Crippen LogP contribution in [0.2, 0.25) is 0 Å². The van der Waals surface area contributed by atoms with Gasteiger partial charge < -0.3 is 5.11 Å². The lowest BCUT2D eigenvalue weighted by Crippen LogP contribution is -2.25. The normalized spacial score (nSPS) is 30.4. The molecule has 2 nitrogen and oxygen atoms in total. The van der Waals surface area contributed by atoms with Gasteiger partial charge in [0.15, 0.2) is 0 Å². The number of allylic oxidation sites excluding steroid dienone is 4. The number of carbonyl (C=O) groups is 1. The van der Waals surface area contributed by atoms with E-state index in [9.17, 15) is 4.79 Å². The predicted octanol–water partition coefficient (Wildman–Crippen LogP) is 3.65. The summed E-state index contributed by atoms with van der Waals surface area (Å²) in [6, 6.07) is 0. The van der Waals surface area contributed by atoms with Crippen LogP contribution in [0.15, 0.2) is 23.8 Å². The second kappa shape index (κ2) is 5.88. The quantitative estimate of drug-likeness (QED) is 0.737. The first-order chi connectivity index (χ1) is 7.54. The Hall–Kier alpha value is -1.05. The first kappa shape index (κ1) is 13.0. The van der Waals surface area contributed by atoms with Crippen LogP contribution in [-0.2, 0) is 4.79 Å². The minimum Gasteiger partial charge on any atom is -0.481 e. The van der Waals surface area contributed by atoms with Gasteiger partial charge in [-0.3, -0.25) is 4.79 Å². The molecule has 1 rings (SSSR count). The molecule has 16 heavy (non-hydrogen) atoms. The number of carboxylic acid groups (broad SMARTS) is 1. The van der Waals surface area contributed by atoms with Crippen LogP contribution < -0.4 is 0 Å². The van der Waals surface area contributed by atoms with E-state index in [0.717, 1.165) is 19.3 Å². The molecule has 3 unspecified atom stereocenters. The summed E-state index contributed by atoms with van der Waals surface area (Å²) in [6.45, 7) is 6.27. The van der Waals surface area contributed by atoms with Gasteiger partial charge in [0, 0.05) is 0 Å². The number of hydrogen-bond acceptors (Lipinski definition) is 1. The van der Waals surface area contributed by atoms with E-state index in [2.05, 4.69) is 26.0 Å². The van der Waals surface area contributed by atoms with E-state index < -0.39 is 5.97 Å². The molecule has 0 spiro atoms. The lowest BCUT2D eigenvalue weighted by molar-refractivity contribution is -0.143. The SMILES string of the molecule is CCCC(C)=CC1C=CC(C)C(C(=O)O)C1. The van der Waals surface area contributed by atoms with Crippen LogP contribution in [0.25, 0.3) is 0 Å². The standard InChI is InChI=1S/C14H22O2/c1-4-5-10(2)8-12-7-6-11(3)13(9-12)14(15)16/h6-8,11-13H,4-5,9H2,1-3H3,(H,15,16).